The zero-order valence-corrected chi connectivity index (χ0v) is 16.7. The third-order valence-electron chi connectivity index (χ3n) is 3.90. The SMILES string of the molecule is CCC(CNC(=NC)NCCC(=O)N(C)C)Cc1cccc(Br)c1. The molecule has 0 spiro atoms. The summed E-state index contributed by atoms with van der Waals surface area (Å²) in [7, 11) is 5.28. The molecule has 0 aromatic heterocycles. The molecule has 134 valence electrons. The Bertz CT molecular complexity index is 546. The number of hydrogen-bond acceptors (Lipinski definition) is 2. The highest BCUT2D eigenvalue weighted by atomic mass is 79.9. The van der Waals surface area contributed by atoms with Crippen LogP contribution in [0.5, 0.6) is 0 Å². The third kappa shape index (κ3) is 7.81. The number of nitrogens with zero attached hydrogens (tertiary/aromatic N) is 2. The summed E-state index contributed by atoms with van der Waals surface area (Å²) in [6.07, 6.45) is 2.58. The summed E-state index contributed by atoms with van der Waals surface area (Å²) in [5.74, 6) is 1.38. The van der Waals surface area contributed by atoms with Crippen LogP contribution in [0.25, 0.3) is 0 Å². The van der Waals surface area contributed by atoms with Crippen LogP contribution in [0.2, 0.25) is 0 Å². The molecule has 0 aliphatic heterocycles. The van der Waals surface area contributed by atoms with Gasteiger partial charge in [0.05, 0.1) is 0 Å². The zero-order chi connectivity index (χ0) is 17.9. The number of aliphatic imine (C=N–C) groups is 1. The second-order valence-electron chi connectivity index (χ2n) is 6.03. The summed E-state index contributed by atoms with van der Waals surface area (Å²) in [4.78, 5) is 17.4. The van der Waals surface area contributed by atoms with Crippen LogP contribution < -0.4 is 10.6 Å². The average Bonchev–Trinajstić information content (AvgIpc) is 2.56. The molecule has 1 aromatic rings. The Hall–Kier alpha value is -1.56. The van der Waals surface area contributed by atoms with Gasteiger partial charge in [0.15, 0.2) is 5.96 Å². The number of hydrogen-bond donors (Lipinski definition) is 2. The number of carbonyl (C=O) groups excluding carboxylic acids is 1. The molecule has 0 fully saturated rings. The summed E-state index contributed by atoms with van der Waals surface area (Å²) in [6, 6.07) is 8.45. The number of benzene rings is 1. The fourth-order valence-electron chi connectivity index (χ4n) is 2.33. The largest absolute Gasteiger partial charge is 0.356 e. The van der Waals surface area contributed by atoms with Gasteiger partial charge < -0.3 is 15.5 Å². The standard InChI is InChI=1S/C18H29BrN4O/c1-5-14(11-15-7-6-8-16(19)12-15)13-22-18(20-2)21-10-9-17(24)23(3)4/h6-8,12,14H,5,9-11,13H2,1-4H3,(H2,20,21,22). The van der Waals surface area contributed by atoms with Crippen molar-refractivity contribution in [2.45, 2.75) is 26.2 Å². The number of rotatable bonds is 8. The van der Waals surface area contributed by atoms with E-state index in [4.69, 9.17) is 0 Å². The van der Waals surface area contributed by atoms with E-state index >= 15 is 0 Å². The molecule has 2 N–H and O–H groups in total. The van der Waals surface area contributed by atoms with Crippen molar-refractivity contribution in [2.24, 2.45) is 10.9 Å². The van der Waals surface area contributed by atoms with Gasteiger partial charge in [-0.05, 0) is 30.0 Å². The number of carbonyl (C=O) groups is 1. The van der Waals surface area contributed by atoms with Crippen molar-refractivity contribution < 1.29 is 4.79 Å². The highest BCUT2D eigenvalue weighted by Gasteiger charge is 2.10. The van der Waals surface area contributed by atoms with Crippen molar-refractivity contribution in [1.29, 1.82) is 0 Å². The first kappa shape index (κ1) is 20.5. The van der Waals surface area contributed by atoms with Crippen LogP contribution in [0, 0.1) is 5.92 Å². The van der Waals surface area contributed by atoms with Gasteiger partial charge in [0.1, 0.15) is 0 Å². The molecule has 1 amide bonds. The van der Waals surface area contributed by atoms with E-state index < -0.39 is 0 Å². The van der Waals surface area contributed by atoms with Crippen molar-refractivity contribution in [1.82, 2.24) is 15.5 Å². The van der Waals surface area contributed by atoms with Crippen LogP contribution in [0.15, 0.2) is 33.7 Å². The normalized spacial score (nSPS) is 12.6. The third-order valence-corrected chi connectivity index (χ3v) is 4.40. The molecule has 6 heteroatoms. The van der Waals surface area contributed by atoms with E-state index in [2.05, 4.69) is 56.7 Å². The second kappa shape index (κ2) is 11.1. The molecule has 0 radical (unpaired) electrons. The van der Waals surface area contributed by atoms with Crippen molar-refractivity contribution in [2.75, 3.05) is 34.2 Å². The molecular formula is C18H29BrN4O. The quantitative estimate of drug-likeness (QED) is 0.524. The summed E-state index contributed by atoms with van der Waals surface area (Å²) < 4.78 is 1.12. The van der Waals surface area contributed by atoms with E-state index in [1.54, 1.807) is 26.0 Å². The summed E-state index contributed by atoms with van der Waals surface area (Å²) in [6.45, 7) is 3.64. The summed E-state index contributed by atoms with van der Waals surface area (Å²) >= 11 is 3.52. The number of amides is 1. The Morgan fingerprint density at radius 1 is 1.33 bits per heavy atom. The first-order chi connectivity index (χ1) is 11.5. The van der Waals surface area contributed by atoms with Crippen LogP contribution in [0.4, 0.5) is 0 Å². The van der Waals surface area contributed by atoms with Gasteiger partial charge in [-0.1, -0.05) is 41.4 Å². The van der Waals surface area contributed by atoms with Gasteiger partial charge >= 0.3 is 0 Å². The molecule has 1 aromatic carbocycles. The van der Waals surface area contributed by atoms with Crippen molar-refractivity contribution in [3.8, 4) is 0 Å². The minimum Gasteiger partial charge on any atom is -0.356 e. The van der Waals surface area contributed by atoms with Crippen molar-refractivity contribution >= 4 is 27.8 Å². The predicted octanol–water partition coefficient (Wildman–Crippen LogP) is 2.66. The summed E-state index contributed by atoms with van der Waals surface area (Å²) in [5.41, 5.74) is 1.33. The van der Waals surface area contributed by atoms with Crippen LogP contribution in [-0.2, 0) is 11.2 Å². The number of nitrogens with one attached hydrogen (secondary N) is 2. The molecule has 1 atom stereocenters. The van der Waals surface area contributed by atoms with Gasteiger partial charge in [-0.15, -0.1) is 0 Å². The predicted molar refractivity (Wildman–Crippen MR) is 104 cm³/mol. The fraction of sp³-hybridized carbons (Fsp3) is 0.556. The van der Waals surface area contributed by atoms with Gasteiger partial charge in [0.25, 0.3) is 0 Å². The maximum Gasteiger partial charge on any atom is 0.223 e. The lowest BCUT2D eigenvalue weighted by atomic mass is 9.97. The Morgan fingerprint density at radius 2 is 2.08 bits per heavy atom. The lowest BCUT2D eigenvalue weighted by molar-refractivity contribution is -0.128. The molecule has 0 saturated carbocycles. The fourth-order valence-corrected chi connectivity index (χ4v) is 2.78. The average molecular weight is 397 g/mol. The Balaban J connectivity index is 2.41. The first-order valence-electron chi connectivity index (χ1n) is 8.35. The van der Waals surface area contributed by atoms with Gasteiger partial charge in [-0.2, -0.15) is 0 Å². The van der Waals surface area contributed by atoms with Crippen molar-refractivity contribution in [3.63, 3.8) is 0 Å². The minimum atomic E-state index is 0.110. The molecule has 0 aliphatic carbocycles. The molecular weight excluding hydrogens is 368 g/mol. The molecule has 0 bridgehead atoms. The Morgan fingerprint density at radius 3 is 2.67 bits per heavy atom. The van der Waals surface area contributed by atoms with E-state index in [0.717, 1.165) is 29.8 Å². The highest BCUT2D eigenvalue weighted by molar-refractivity contribution is 9.10. The van der Waals surface area contributed by atoms with Crippen LogP contribution >= 0.6 is 15.9 Å². The van der Waals surface area contributed by atoms with Crippen LogP contribution in [0.3, 0.4) is 0 Å². The number of halogens is 1. The minimum absolute atomic E-state index is 0.110. The molecule has 5 nitrogen and oxygen atoms in total. The van der Waals surface area contributed by atoms with Gasteiger partial charge in [-0.25, -0.2) is 0 Å². The molecule has 1 rings (SSSR count). The van der Waals surface area contributed by atoms with E-state index in [9.17, 15) is 4.79 Å². The number of guanidine groups is 1. The van der Waals surface area contributed by atoms with Crippen LogP contribution in [0.1, 0.15) is 25.3 Å². The second-order valence-corrected chi connectivity index (χ2v) is 6.94. The lowest BCUT2D eigenvalue weighted by Crippen LogP contribution is -2.41. The molecule has 24 heavy (non-hydrogen) atoms. The van der Waals surface area contributed by atoms with E-state index in [1.165, 1.54) is 5.56 Å². The molecule has 1 unspecified atom stereocenters. The smallest absolute Gasteiger partial charge is 0.223 e. The monoisotopic (exact) mass is 396 g/mol. The zero-order valence-electron chi connectivity index (χ0n) is 15.1. The Labute approximate surface area is 154 Å². The van der Waals surface area contributed by atoms with Gasteiger partial charge in [-0.3, -0.25) is 9.79 Å². The molecule has 0 heterocycles. The van der Waals surface area contributed by atoms with E-state index in [1.807, 2.05) is 6.07 Å². The highest BCUT2D eigenvalue weighted by Crippen LogP contribution is 2.16. The van der Waals surface area contributed by atoms with Crippen molar-refractivity contribution in [3.05, 3.63) is 34.3 Å². The Kier molecular flexibility index (Phi) is 9.45. The van der Waals surface area contributed by atoms with Gasteiger partial charge in [0, 0.05) is 45.1 Å². The van der Waals surface area contributed by atoms with E-state index in [-0.39, 0.29) is 5.91 Å². The van der Waals surface area contributed by atoms with E-state index in [0.29, 0.717) is 18.9 Å². The maximum absolute atomic E-state index is 11.6. The molecule has 0 aliphatic rings. The van der Waals surface area contributed by atoms with Crippen LogP contribution in [-0.4, -0.2) is 51.0 Å². The van der Waals surface area contributed by atoms with Gasteiger partial charge in [0.2, 0.25) is 5.91 Å². The lowest BCUT2D eigenvalue weighted by Gasteiger charge is -2.19. The molecule has 0 saturated heterocycles. The summed E-state index contributed by atoms with van der Waals surface area (Å²) in [5, 5.41) is 6.55. The first-order valence-corrected chi connectivity index (χ1v) is 9.14. The maximum atomic E-state index is 11.6. The topological polar surface area (TPSA) is 56.7 Å².